The first-order valence-electron chi connectivity index (χ1n) is 5.46. The molecular weight excluding hydrogens is 208 g/mol. The lowest BCUT2D eigenvalue weighted by molar-refractivity contribution is 0.0372. The Balaban J connectivity index is 2.13. The predicted molar refractivity (Wildman–Crippen MR) is 63.2 cm³/mol. The maximum atomic E-state index is 10.2. The fourth-order valence-electron chi connectivity index (χ4n) is 2.08. The molecule has 0 saturated heterocycles. The van der Waals surface area contributed by atoms with Gasteiger partial charge in [0.05, 0.1) is 5.60 Å². The zero-order chi connectivity index (χ0) is 11.1. The molecule has 1 aliphatic carbocycles. The van der Waals surface area contributed by atoms with Gasteiger partial charge < -0.3 is 5.11 Å². The van der Waals surface area contributed by atoms with Crippen molar-refractivity contribution in [2.24, 2.45) is 5.92 Å². The van der Waals surface area contributed by atoms with Crippen molar-refractivity contribution in [3.63, 3.8) is 0 Å². The molecule has 0 heterocycles. The summed E-state index contributed by atoms with van der Waals surface area (Å²) in [6.07, 6.45) is 3.06. The molecule has 1 atom stereocenters. The summed E-state index contributed by atoms with van der Waals surface area (Å²) in [5.41, 5.74) is 1.72. The Morgan fingerprint density at radius 3 is 2.67 bits per heavy atom. The van der Waals surface area contributed by atoms with Crippen LogP contribution in [0.2, 0.25) is 5.02 Å². The third-order valence-electron chi connectivity index (χ3n) is 3.24. The van der Waals surface area contributed by atoms with Gasteiger partial charge in [-0.05, 0) is 49.8 Å². The van der Waals surface area contributed by atoms with E-state index >= 15 is 0 Å². The first-order valence-corrected chi connectivity index (χ1v) is 5.84. The van der Waals surface area contributed by atoms with E-state index in [2.05, 4.69) is 6.07 Å². The minimum Gasteiger partial charge on any atom is -0.390 e. The lowest BCUT2D eigenvalue weighted by atomic mass is 9.91. The van der Waals surface area contributed by atoms with Crippen LogP contribution in [0.1, 0.15) is 30.9 Å². The van der Waals surface area contributed by atoms with Crippen LogP contribution in [0.4, 0.5) is 0 Å². The van der Waals surface area contributed by atoms with Crippen LogP contribution in [-0.4, -0.2) is 10.7 Å². The molecule has 82 valence electrons. The van der Waals surface area contributed by atoms with Crippen molar-refractivity contribution in [1.29, 1.82) is 0 Å². The monoisotopic (exact) mass is 224 g/mol. The molecule has 1 fully saturated rings. The van der Waals surface area contributed by atoms with Crippen LogP contribution in [0.5, 0.6) is 0 Å². The Bertz CT molecular complexity index is 367. The highest BCUT2D eigenvalue weighted by Crippen LogP contribution is 2.41. The van der Waals surface area contributed by atoms with Gasteiger partial charge in [0.1, 0.15) is 0 Å². The molecule has 1 aromatic rings. The molecule has 0 radical (unpaired) electrons. The number of aryl methyl sites for hydroxylation is 1. The fourth-order valence-corrected chi connectivity index (χ4v) is 2.20. The van der Waals surface area contributed by atoms with Gasteiger partial charge in [-0.25, -0.2) is 0 Å². The number of rotatable bonds is 3. The summed E-state index contributed by atoms with van der Waals surface area (Å²) >= 11 is 5.96. The number of aliphatic hydroxyl groups is 1. The molecule has 1 N–H and O–H groups in total. The molecule has 1 saturated carbocycles. The van der Waals surface area contributed by atoms with E-state index in [1.165, 1.54) is 18.4 Å². The van der Waals surface area contributed by atoms with Gasteiger partial charge in [0.25, 0.3) is 0 Å². The van der Waals surface area contributed by atoms with E-state index in [1.807, 2.05) is 26.0 Å². The minimum atomic E-state index is -0.541. The van der Waals surface area contributed by atoms with Crippen LogP contribution in [0, 0.1) is 12.8 Å². The lowest BCUT2D eigenvalue weighted by Gasteiger charge is -2.23. The van der Waals surface area contributed by atoms with Crippen molar-refractivity contribution in [3.05, 3.63) is 34.3 Å². The van der Waals surface area contributed by atoms with Crippen LogP contribution in [0.3, 0.4) is 0 Å². The Morgan fingerprint density at radius 1 is 1.47 bits per heavy atom. The largest absolute Gasteiger partial charge is 0.390 e. The highest BCUT2D eigenvalue weighted by molar-refractivity contribution is 6.31. The summed E-state index contributed by atoms with van der Waals surface area (Å²) in [6.45, 7) is 3.94. The van der Waals surface area contributed by atoms with E-state index in [0.717, 1.165) is 17.0 Å². The highest BCUT2D eigenvalue weighted by Gasteiger charge is 2.39. The smallest absolute Gasteiger partial charge is 0.0687 e. The van der Waals surface area contributed by atoms with Gasteiger partial charge in [-0.1, -0.05) is 23.7 Å². The first kappa shape index (κ1) is 11.0. The summed E-state index contributed by atoms with van der Waals surface area (Å²) in [5.74, 6) is 0.494. The van der Waals surface area contributed by atoms with Gasteiger partial charge in [-0.15, -0.1) is 0 Å². The van der Waals surface area contributed by atoms with E-state index in [1.54, 1.807) is 0 Å². The summed E-state index contributed by atoms with van der Waals surface area (Å²) in [4.78, 5) is 0. The summed E-state index contributed by atoms with van der Waals surface area (Å²) in [7, 11) is 0. The summed E-state index contributed by atoms with van der Waals surface area (Å²) in [5, 5.41) is 11.0. The predicted octanol–water partition coefficient (Wildman–Crippen LogP) is 3.35. The van der Waals surface area contributed by atoms with Crippen molar-refractivity contribution in [3.8, 4) is 0 Å². The molecular formula is C13H17ClO. The van der Waals surface area contributed by atoms with Gasteiger partial charge in [0.2, 0.25) is 0 Å². The zero-order valence-electron chi connectivity index (χ0n) is 9.26. The highest BCUT2D eigenvalue weighted by atomic mass is 35.5. The molecule has 1 unspecified atom stereocenters. The van der Waals surface area contributed by atoms with Gasteiger partial charge >= 0.3 is 0 Å². The quantitative estimate of drug-likeness (QED) is 0.835. The molecule has 1 aliphatic rings. The molecule has 1 aromatic carbocycles. The van der Waals surface area contributed by atoms with Crippen molar-refractivity contribution < 1.29 is 5.11 Å². The third-order valence-corrected chi connectivity index (χ3v) is 3.67. The Morgan fingerprint density at radius 2 is 2.13 bits per heavy atom. The molecule has 1 nitrogen and oxygen atoms in total. The van der Waals surface area contributed by atoms with Crippen LogP contribution >= 0.6 is 11.6 Å². The van der Waals surface area contributed by atoms with E-state index < -0.39 is 5.60 Å². The molecule has 2 heteroatoms. The topological polar surface area (TPSA) is 20.2 Å². The molecule has 0 spiro atoms. The van der Waals surface area contributed by atoms with Crippen molar-refractivity contribution in [1.82, 2.24) is 0 Å². The van der Waals surface area contributed by atoms with Crippen LogP contribution < -0.4 is 0 Å². The van der Waals surface area contributed by atoms with E-state index in [4.69, 9.17) is 11.6 Å². The standard InChI is InChI=1S/C13H17ClO/c1-9-7-10(3-6-12(9)14)8-13(2,15)11-4-5-11/h3,6-7,11,15H,4-5,8H2,1-2H3. The van der Waals surface area contributed by atoms with Crippen molar-refractivity contribution in [2.45, 2.75) is 38.7 Å². The van der Waals surface area contributed by atoms with Crippen molar-refractivity contribution >= 4 is 11.6 Å². The van der Waals surface area contributed by atoms with Crippen LogP contribution in [0.15, 0.2) is 18.2 Å². The van der Waals surface area contributed by atoms with Gasteiger partial charge in [-0.2, -0.15) is 0 Å². The number of hydrogen-bond acceptors (Lipinski definition) is 1. The minimum absolute atomic E-state index is 0.494. The van der Waals surface area contributed by atoms with Crippen LogP contribution in [0.25, 0.3) is 0 Å². The molecule has 2 rings (SSSR count). The second-order valence-electron chi connectivity index (χ2n) is 4.89. The first-order chi connectivity index (χ1) is 6.99. The Hall–Kier alpha value is -0.530. The van der Waals surface area contributed by atoms with Crippen molar-refractivity contribution in [2.75, 3.05) is 0 Å². The lowest BCUT2D eigenvalue weighted by Crippen LogP contribution is -2.29. The number of benzene rings is 1. The Kier molecular flexibility index (Phi) is 2.78. The number of halogens is 1. The maximum Gasteiger partial charge on any atom is 0.0687 e. The average Bonchev–Trinajstić information content (AvgIpc) is 2.93. The van der Waals surface area contributed by atoms with Gasteiger partial charge in [-0.3, -0.25) is 0 Å². The zero-order valence-corrected chi connectivity index (χ0v) is 10.0. The summed E-state index contributed by atoms with van der Waals surface area (Å²) in [6, 6.07) is 5.99. The average molecular weight is 225 g/mol. The molecule has 0 bridgehead atoms. The van der Waals surface area contributed by atoms with Gasteiger partial charge in [0, 0.05) is 11.4 Å². The normalized spacial score (nSPS) is 20.0. The molecule has 0 aromatic heterocycles. The number of hydrogen-bond donors (Lipinski definition) is 1. The molecule has 0 amide bonds. The van der Waals surface area contributed by atoms with E-state index in [-0.39, 0.29) is 0 Å². The van der Waals surface area contributed by atoms with E-state index in [0.29, 0.717) is 5.92 Å². The second-order valence-corrected chi connectivity index (χ2v) is 5.30. The second kappa shape index (κ2) is 3.80. The Labute approximate surface area is 96.1 Å². The van der Waals surface area contributed by atoms with E-state index in [9.17, 15) is 5.11 Å². The molecule has 15 heavy (non-hydrogen) atoms. The van der Waals surface area contributed by atoms with Crippen LogP contribution in [-0.2, 0) is 6.42 Å². The molecule has 0 aliphatic heterocycles. The summed E-state index contributed by atoms with van der Waals surface area (Å²) < 4.78 is 0. The SMILES string of the molecule is Cc1cc(CC(C)(O)C2CC2)ccc1Cl. The maximum absolute atomic E-state index is 10.2. The fraction of sp³-hybridized carbons (Fsp3) is 0.538. The van der Waals surface area contributed by atoms with Gasteiger partial charge in [0.15, 0.2) is 0 Å². The third kappa shape index (κ3) is 2.53.